The van der Waals surface area contributed by atoms with E-state index in [0.717, 1.165) is 22.9 Å². The first-order valence-corrected chi connectivity index (χ1v) is 9.55. The molecule has 0 radical (unpaired) electrons. The summed E-state index contributed by atoms with van der Waals surface area (Å²) in [5, 5.41) is 13.3. The Labute approximate surface area is 154 Å². The number of anilines is 1. The minimum atomic E-state index is -0.190. The van der Waals surface area contributed by atoms with Crippen LogP contribution in [0.4, 0.5) is 5.00 Å². The molecule has 0 saturated carbocycles. The normalized spacial score (nSPS) is 18.5. The van der Waals surface area contributed by atoms with Crippen LogP contribution < -0.4 is 5.32 Å². The molecule has 0 spiro atoms. The number of fused-ring (bicyclic) bond motifs is 1. The molecule has 5 heteroatoms. The van der Waals surface area contributed by atoms with Crippen LogP contribution in [0.2, 0.25) is 0 Å². The predicted octanol–water partition coefficient (Wildman–Crippen LogP) is 5.71. The first-order chi connectivity index (χ1) is 11.3. The summed E-state index contributed by atoms with van der Waals surface area (Å²) in [5.41, 5.74) is 2.51. The van der Waals surface area contributed by atoms with Gasteiger partial charge in [-0.15, -0.1) is 11.3 Å². The van der Waals surface area contributed by atoms with E-state index in [9.17, 15) is 10.1 Å². The van der Waals surface area contributed by atoms with Crippen LogP contribution in [0.15, 0.2) is 28.7 Å². The van der Waals surface area contributed by atoms with Gasteiger partial charge in [0.15, 0.2) is 0 Å². The van der Waals surface area contributed by atoms with Crippen molar-refractivity contribution in [3.63, 3.8) is 0 Å². The molecule has 3 rings (SSSR count). The van der Waals surface area contributed by atoms with Gasteiger partial charge in [0.1, 0.15) is 11.1 Å². The lowest BCUT2D eigenvalue weighted by molar-refractivity contribution is 0.102. The molecule has 1 aromatic carbocycles. The van der Waals surface area contributed by atoms with Crippen LogP contribution in [0.5, 0.6) is 0 Å². The standard InChI is InChI=1S/C19H19BrN2OS/c1-11-8-19(2,3)9-13-14(10-21)18(24-16(11)13)22-17(23)12-6-4-5-7-15(12)20/h4-7,11H,8-9H2,1-3H3,(H,22,23)/t11-/m0/s1. The molecule has 1 aromatic heterocycles. The molecule has 0 saturated heterocycles. The van der Waals surface area contributed by atoms with Crippen molar-refractivity contribution in [2.45, 2.75) is 39.5 Å². The third-order valence-electron chi connectivity index (χ3n) is 4.46. The Morgan fingerprint density at radius 3 is 2.79 bits per heavy atom. The van der Waals surface area contributed by atoms with Crippen molar-refractivity contribution >= 4 is 38.2 Å². The highest BCUT2D eigenvalue weighted by Gasteiger charge is 2.34. The molecule has 1 amide bonds. The lowest BCUT2D eigenvalue weighted by Gasteiger charge is -2.33. The van der Waals surface area contributed by atoms with Crippen molar-refractivity contribution in [2.75, 3.05) is 5.32 Å². The Balaban J connectivity index is 1.98. The lowest BCUT2D eigenvalue weighted by Crippen LogP contribution is -2.23. The second kappa shape index (κ2) is 6.34. The molecule has 124 valence electrons. The summed E-state index contributed by atoms with van der Waals surface area (Å²) in [6, 6.07) is 9.62. The van der Waals surface area contributed by atoms with Crippen molar-refractivity contribution in [1.29, 1.82) is 5.26 Å². The Hall–Kier alpha value is -1.64. The molecular weight excluding hydrogens is 384 g/mol. The fourth-order valence-corrected chi connectivity index (χ4v) is 5.23. The van der Waals surface area contributed by atoms with E-state index in [1.807, 2.05) is 18.2 Å². The number of hydrogen-bond acceptors (Lipinski definition) is 3. The van der Waals surface area contributed by atoms with Crippen LogP contribution in [-0.4, -0.2) is 5.91 Å². The summed E-state index contributed by atoms with van der Waals surface area (Å²) < 4.78 is 0.747. The van der Waals surface area contributed by atoms with E-state index < -0.39 is 0 Å². The number of rotatable bonds is 2. The Morgan fingerprint density at radius 2 is 2.12 bits per heavy atom. The lowest BCUT2D eigenvalue weighted by atomic mass is 9.72. The smallest absolute Gasteiger partial charge is 0.257 e. The molecule has 1 aliphatic carbocycles. The van der Waals surface area contributed by atoms with Gasteiger partial charge in [-0.05, 0) is 57.8 Å². The maximum Gasteiger partial charge on any atom is 0.257 e. The third-order valence-corrected chi connectivity index (χ3v) is 6.53. The molecule has 1 aliphatic rings. The second-order valence-electron chi connectivity index (χ2n) is 7.14. The quantitative estimate of drug-likeness (QED) is 0.698. The van der Waals surface area contributed by atoms with Gasteiger partial charge < -0.3 is 5.32 Å². The maximum atomic E-state index is 12.6. The maximum absolute atomic E-state index is 12.6. The van der Waals surface area contributed by atoms with Crippen molar-refractivity contribution in [1.82, 2.24) is 0 Å². The minimum absolute atomic E-state index is 0.183. The molecule has 1 N–H and O–H groups in total. The summed E-state index contributed by atoms with van der Waals surface area (Å²) in [7, 11) is 0. The summed E-state index contributed by atoms with van der Waals surface area (Å²) in [6.07, 6.45) is 1.99. The van der Waals surface area contributed by atoms with Gasteiger partial charge in [0, 0.05) is 9.35 Å². The molecule has 1 heterocycles. The molecular formula is C19H19BrN2OS. The van der Waals surface area contributed by atoms with Crippen LogP contribution in [0.25, 0.3) is 0 Å². The topological polar surface area (TPSA) is 52.9 Å². The van der Waals surface area contributed by atoms with Gasteiger partial charge in [-0.3, -0.25) is 4.79 Å². The van der Waals surface area contributed by atoms with E-state index in [2.05, 4.69) is 48.1 Å². The average molecular weight is 403 g/mol. The highest BCUT2D eigenvalue weighted by molar-refractivity contribution is 9.10. The number of carbonyl (C=O) groups is 1. The molecule has 2 aromatic rings. The van der Waals surface area contributed by atoms with Gasteiger partial charge in [-0.2, -0.15) is 5.26 Å². The predicted molar refractivity (Wildman–Crippen MR) is 102 cm³/mol. The minimum Gasteiger partial charge on any atom is -0.312 e. The fourth-order valence-electron chi connectivity index (χ4n) is 3.55. The third kappa shape index (κ3) is 3.13. The molecule has 1 atom stereocenters. The van der Waals surface area contributed by atoms with Gasteiger partial charge >= 0.3 is 0 Å². The summed E-state index contributed by atoms with van der Waals surface area (Å²) >= 11 is 4.96. The summed E-state index contributed by atoms with van der Waals surface area (Å²) in [6.45, 7) is 6.69. The average Bonchev–Trinajstić information content (AvgIpc) is 2.83. The number of nitrogens with zero attached hydrogens (tertiary/aromatic N) is 1. The zero-order valence-corrected chi connectivity index (χ0v) is 16.3. The van der Waals surface area contributed by atoms with Crippen molar-refractivity contribution in [3.8, 4) is 6.07 Å². The van der Waals surface area contributed by atoms with Gasteiger partial charge in [-0.25, -0.2) is 0 Å². The largest absolute Gasteiger partial charge is 0.312 e. The fraction of sp³-hybridized carbons (Fsp3) is 0.368. The van der Waals surface area contributed by atoms with Gasteiger partial charge in [0.05, 0.1) is 11.1 Å². The molecule has 0 unspecified atom stereocenters. The molecule has 3 nitrogen and oxygen atoms in total. The van der Waals surface area contributed by atoms with Crippen molar-refractivity contribution < 1.29 is 4.79 Å². The van der Waals surface area contributed by atoms with Crippen LogP contribution >= 0.6 is 27.3 Å². The monoisotopic (exact) mass is 402 g/mol. The Kier molecular flexibility index (Phi) is 4.54. The van der Waals surface area contributed by atoms with E-state index in [4.69, 9.17) is 0 Å². The number of benzene rings is 1. The number of amides is 1. The summed E-state index contributed by atoms with van der Waals surface area (Å²) in [5.74, 6) is 0.222. The number of nitrogens with one attached hydrogen (secondary N) is 1. The number of thiophene rings is 1. The van der Waals surface area contributed by atoms with E-state index in [0.29, 0.717) is 22.0 Å². The van der Waals surface area contributed by atoms with E-state index in [1.54, 1.807) is 17.4 Å². The highest BCUT2D eigenvalue weighted by atomic mass is 79.9. The van der Waals surface area contributed by atoms with Crippen LogP contribution in [0.3, 0.4) is 0 Å². The van der Waals surface area contributed by atoms with Crippen LogP contribution in [0.1, 0.15) is 59.5 Å². The van der Waals surface area contributed by atoms with Gasteiger partial charge in [0.2, 0.25) is 0 Å². The SMILES string of the molecule is C[C@H]1CC(C)(C)Cc2c1sc(NC(=O)c1ccccc1Br)c2C#N. The first kappa shape index (κ1) is 17.2. The van der Waals surface area contributed by atoms with E-state index in [-0.39, 0.29) is 11.3 Å². The zero-order valence-electron chi connectivity index (χ0n) is 13.9. The molecule has 24 heavy (non-hydrogen) atoms. The number of nitriles is 1. The number of hydrogen-bond donors (Lipinski definition) is 1. The van der Waals surface area contributed by atoms with Crippen LogP contribution in [-0.2, 0) is 6.42 Å². The molecule has 0 bridgehead atoms. The Bertz CT molecular complexity index is 848. The molecule has 0 aliphatic heterocycles. The van der Waals surface area contributed by atoms with Crippen molar-refractivity contribution in [2.24, 2.45) is 5.41 Å². The van der Waals surface area contributed by atoms with Gasteiger partial charge in [0.25, 0.3) is 5.91 Å². The van der Waals surface area contributed by atoms with Crippen LogP contribution in [0, 0.1) is 16.7 Å². The molecule has 0 fully saturated rings. The highest BCUT2D eigenvalue weighted by Crippen LogP contribution is 2.48. The second-order valence-corrected chi connectivity index (χ2v) is 9.05. The van der Waals surface area contributed by atoms with Gasteiger partial charge in [-0.1, -0.05) is 32.9 Å². The number of halogens is 1. The Morgan fingerprint density at radius 1 is 1.42 bits per heavy atom. The number of carbonyl (C=O) groups excluding carboxylic acids is 1. The first-order valence-electron chi connectivity index (χ1n) is 7.94. The van der Waals surface area contributed by atoms with E-state index in [1.165, 1.54) is 4.88 Å². The zero-order chi connectivity index (χ0) is 17.5. The van der Waals surface area contributed by atoms with Crippen molar-refractivity contribution in [3.05, 3.63) is 50.3 Å². The summed E-state index contributed by atoms with van der Waals surface area (Å²) in [4.78, 5) is 13.8. The van der Waals surface area contributed by atoms with E-state index >= 15 is 0 Å².